The van der Waals surface area contributed by atoms with Crippen LogP contribution in [0.5, 0.6) is 11.5 Å². The molecule has 0 saturated carbocycles. The fourth-order valence-corrected chi connectivity index (χ4v) is 3.12. The maximum Gasteiger partial charge on any atom is 0.314 e. The lowest BCUT2D eigenvalue weighted by Gasteiger charge is -2.32. The smallest absolute Gasteiger partial charge is 0.314 e. The van der Waals surface area contributed by atoms with Crippen LogP contribution in [0.3, 0.4) is 0 Å². The fraction of sp³-hybridized carbons (Fsp3) is 0.350. The Kier molecular flexibility index (Phi) is 6.83. The third kappa shape index (κ3) is 3.53. The van der Waals surface area contributed by atoms with E-state index in [2.05, 4.69) is 19.7 Å². The summed E-state index contributed by atoms with van der Waals surface area (Å²) in [6.07, 6.45) is 6.50. The average Bonchev–Trinajstić information content (AvgIpc) is 2.55. The molecule has 0 aliphatic carbocycles. The highest BCUT2D eigenvalue weighted by atomic mass is 16.4. The predicted octanol–water partition coefficient (Wildman–Crippen LogP) is 4.25. The molecule has 0 aliphatic rings. The van der Waals surface area contributed by atoms with Crippen LogP contribution in [0.15, 0.2) is 44.0 Å². The van der Waals surface area contributed by atoms with Crippen molar-refractivity contribution in [3.05, 3.63) is 60.7 Å². The molecular formula is C20H26O4. The third-order valence-electron chi connectivity index (χ3n) is 4.44. The van der Waals surface area contributed by atoms with Gasteiger partial charge in [-0.25, -0.2) is 0 Å². The van der Waals surface area contributed by atoms with Gasteiger partial charge in [-0.15, -0.1) is 19.7 Å². The van der Waals surface area contributed by atoms with E-state index in [1.807, 2.05) is 0 Å². The summed E-state index contributed by atoms with van der Waals surface area (Å²) in [6, 6.07) is 1.47. The summed E-state index contributed by atoms with van der Waals surface area (Å²) in [7, 11) is 0. The van der Waals surface area contributed by atoms with Crippen molar-refractivity contribution in [2.75, 3.05) is 0 Å². The first-order valence-electron chi connectivity index (χ1n) is 8.02. The minimum absolute atomic E-state index is 0.0303. The molecule has 0 radical (unpaired) electrons. The van der Waals surface area contributed by atoms with Gasteiger partial charge in [0.05, 0.1) is 5.41 Å². The van der Waals surface area contributed by atoms with Crippen molar-refractivity contribution in [2.45, 2.75) is 44.4 Å². The fourth-order valence-electron chi connectivity index (χ4n) is 3.12. The Hall–Kier alpha value is -2.49. The van der Waals surface area contributed by atoms with E-state index in [0.717, 1.165) is 0 Å². The van der Waals surface area contributed by atoms with Gasteiger partial charge in [0.15, 0.2) is 0 Å². The van der Waals surface area contributed by atoms with Gasteiger partial charge in [-0.05, 0) is 38.2 Å². The molecule has 4 nitrogen and oxygen atoms in total. The average molecular weight is 330 g/mol. The van der Waals surface area contributed by atoms with Gasteiger partial charge >= 0.3 is 5.97 Å². The van der Waals surface area contributed by atoms with Gasteiger partial charge in [-0.3, -0.25) is 4.79 Å². The lowest BCUT2D eigenvalue weighted by atomic mass is 9.71. The van der Waals surface area contributed by atoms with Gasteiger partial charge in [0.2, 0.25) is 0 Å². The van der Waals surface area contributed by atoms with Crippen LogP contribution in [0.25, 0.3) is 0 Å². The molecular weight excluding hydrogens is 304 g/mol. The SMILES string of the molecule is C=CCCC(CC)(C(=O)O)c1c(O)c(CC=C)cc(O)c1CC=C. The van der Waals surface area contributed by atoms with Crippen molar-refractivity contribution >= 4 is 5.97 Å². The van der Waals surface area contributed by atoms with Gasteiger partial charge in [-0.1, -0.05) is 25.2 Å². The van der Waals surface area contributed by atoms with Crippen LogP contribution < -0.4 is 0 Å². The summed E-state index contributed by atoms with van der Waals surface area (Å²) >= 11 is 0. The molecule has 0 amide bonds. The Morgan fingerprint density at radius 1 is 1.17 bits per heavy atom. The summed E-state index contributed by atoms with van der Waals surface area (Å²) in [5.74, 6) is -1.14. The van der Waals surface area contributed by atoms with Crippen LogP contribution in [-0.2, 0) is 23.1 Å². The maximum atomic E-state index is 12.2. The number of carbonyl (C=O) groups is 1. The molecule has 4 heteroatoms. The second kappa shape index (κ2) is 8.39. The van der Waals surface area contributed by atoms with Crippen molar-refractivity contribution in [3.8, 4) is 11.5 Å². The van der Waals surface area contributed by atoms with Crippen molar-refractivity contribution < 1.29 is 20.1 Å². The number of phenols is 2. The largest absolute Gasteiger partial charge is 0.508 e. The number of rotatable bonds is 10. The van der Waals surface area contributed by atoms with Crippen LogP contribution in [0, 0.1) is 0 Å². The van der Waals surface area contributed by atoms with Crippen molar-refractivity contribution in [1.82, 2.24) is 0 Å². The molecule has 1 aromatic carbocycles. The van der Waals surface area contributed by atoms with E-state index in [-0.39, 0.29) is 36.3 Å². The van der Waals surface area contributed by atoms with E-state index in [1.165, 1.54) is 6.07 Å². The monoisotopic (exact) mass is 330 g/mol. The zero-order chi connectivity index (χ0) is 18.3. The molecule has 0 aliphatic heterocycles. The first-order chi connectivity index (χ1) is 11.4. The zero-order valence-corrected chi connectivity index (χ0v) is 14.2. The molecule has 0 spiro atoms. The number of aromatic hydroxyl groups is 2. The summed E-state index contributed by atoms with van der Waals surface area (Å²) in [5.41, 5.74) is -0.159. The molecule has 130 valence electrons. The van der Waals surface area contributed by atoms with Crippen molar-refractivity contribution in [2.24, 2.45) is 0 Å². The Labute approximate surface area is 143 Å². The zero-order valence-electron chi connectivity index (χ0n) is 14.2. The quantitative estimate of drug-likeness (QED) is 0.442. The topological polar surface area (TPSA) is 77.8 Å². The molecule has 0 fully saturated rings. The van der Waals surface area contributed by atoms with E-state index in [9.17, 15) is 20.1 Å². The number of aliphatic carboxylic acids is 1. The summed E-state index contributed by atoms with van der Waals surface area (Å²) < 4.78 is 0. The predicted molar refractivity (Wildman–Crippen MR) is 96.6 cm³/mol. The second-order valence-electron chi connectivity index (χ2n) is 5.81. The van der Waals surface area contributed by atoms with Crippen LogP contribution in [-0.4, -0.2) is 21.3 Å². The minimum Gasteiger partial charge on any atom is -0.508 e. The summed E-state index contributed by atoms with van der Waals surface area (Å²) in [6.45, 7) is 12.7. The summed E-state index contributed by atoms with van der Waals surface area (Å²) in [4.78, 5) is 12.2. The number of hydrogen-bond acceptors (Lipinski definition) is 3. The van der Waals surface area contributed by atoms with Gasteiger partial charge in [0.1, 0.15) is 11.5 Å². The van der Waals surface area contributed by atoms with E-state index in [4.69, 9.17) is 0 Å². The Morgan fingerprint density at radius 2 is 1.79 bits per heavy atom. The second-order valence-corrected chi connectivity index (χ2v) is 5.81. The van der Waals surface area contributed by atoms with Gasteiger partial charge in [-0.2, -0.15) is 0 Å². The molecule has 0 heterocycles. The molecule has 1 rings (SSSR count). The highest BCUT2D eigenvalue weighted by Crippen LogP contribution is 2.46. The molecule has 1 aromatic rings. The van der Waals surface area contributed by atoms with Crippen LogP contribution in [0.4, 0.5) is 0 Å². The number of hydrogen-bond donors (Lipinski definition) is 3. The molecule has 24 heavy (non-hydrogen) atoms. The standard InChI is InChI=1S/C20H26O4/c1-5-9-12-20(8-4,19(23)24)17-15(11-7-3)16(21)13-14(10-6-2)18(17)22/h5-7,13,21-22H,1-3,8-12H2,4H3,(H,23,24). The number of allylic oxidation sites excluding steroid dienone is 3. The number of carboxylic acids is 1. The minimum atomic E-state index is -1.30. The lowest BCUT2D eigenvalue weighted by Crippen LogP contribution is -2.36. The third-order valence-corrected chi connectivity index (χ3v) is 4.44. The lowest BCUT2D eigenvalue weighted by molar-refractivity contribution is -0.144. The molecule has 0 bridgehead atoms. The molecule has 0 aromatic heterocycles. The van der Waals surface area contributed by atoms with Gasteiger partial charge in [0.25, 0.3) is 0 Å². The number of phenolic OH excluding ortho intramolecular Hbond substituents is 2. The maximum absolute atomic E-state index is 12.2. The van der Waals surface area contributed by atoms with Crippen LogP contribution >= 0.6 is 0 Å². The van der Waals surface area contributed by atoms with Gasteiger partial charge < -0.3 is 15.3 Å². The van der Waals surface area contributed by atoms with Gasteiger partial charge in [0, 0.05) is 16.7 Å². The van der Waals surface area contributed by atoms with Crippen LogP contribution in [0.2, 0.25) is 0 Å². The van der Waals surface area contributed by atoms with Crippen molar-refractivity contribution in [1.29, 1.82) is 0 Å². The van der Waals surface area contributed by atoms with Crippen molar-refractivity contribution in [3.63, 3.8) is 0 Å². The van der Waals surface area contributed by atoms with E-state index < -0.39 is 11.4 Å². The highest BCUT2D eigenvalue weighted by Gasteiger charge is 2.42. The number of carboxylic acid groups (broad SMARTS) is 1. The Bertz CT molecular complexity index is 646. The van der Waals surface area contributed by atoms with E-state index >= 15 is 0 Å². The molecule has 3 N–H and O–H groups in total. The molecule has 1 atom stereocenters. The first kappa shape index (κ1) is 19.6. The Morgan fingerprint density at radius 3 is 2.25 bits per heavy atom. The van der Waals surface area contributed by atoms with E-state index in [1.54, 1.807) is 25.2 Å². The Balaban J connectivity index is 3.82. The number of benzene rings is 1. The van der Waals surface area contributed by atoms with E-state index in [0.29, 0.717) is 24.0 Å². The highest BCUT2D eigenvalue weighted by molar-refractivity contribution is 5.84. The normalized spacial score (nSPS) is 13.0. The molecule has 0 saturated heterocycles. The first-order valence-corrected chi connectivity index (χ1v) is 8.02. The molecule has 1 unspecified atom stereocenters. The van der Waals surface area contributed by atoms with Crippen LogP contribution in [0.1, 0.15) is 42.9 Å². The summed E-state index contributed by atoms with van der Waals surface area (Å²) in [5, 5.41) is 31.2.